The zero-order chi connectivity index (χ0) is 43.8. The first-order valence-electron chi connectivity index (χ1n) is 19.5. The Morgan fingerprint density at radius 1 is 0.705 bits per heavy atom. The van der Waals surface area contributed by atoms with Gasteiger partial charge in [0.1, 0.15) is 6.61 Å². The summed E-state index contributed by atoms with van der Waals surface area (Å²) in [5, 5.41) is 26.8. The van der Waals surface area contributed by atoms with Crippen LogP contribution < -0.4 is 41.0 Å². The molecular formula is C45H49N7O9. The minimum Gasteiger partial charge on any atom is -0.493 e. The summed E-state index contributed by atoms with van der Waals surface area (Å²) in [7, 11) is 4.61. The molecule has 7 rings (SSSR count). The van der Waals surface area contributed by atoms with Crippen molar-refractivity contribution >= 4 is 62.3 Å². The van der Waals surface area contributed by atoms with E-state index in [0.29, 0.717) is 74.0 Å². The lowest BCUT2D eigenvalue weighted by molar-refractivity contribution is 0.0695. The topological polar surface area (TPSA) is 234 Å². The van der Waals surface area contributed by atoms with E-state index in [0.717, 1.165) is 36.4 Å². The highest BCUT2D eigenvalue weighted by molar-refractivity contribution is 6.09. The van der Waals surface area contributed by atoms with Gasteiger partial charge in [0.25, 0.3) is 11.8 Å². The minimum atomic E-state index is -1.04. The Labute approximate surface area is 352 Å². The number of hydrogen-bond donors (Lipinski definition) is 6. The average Bonchev–Trinajstić information content (AvgIpc) is 3.78. The fourth-order valence-corrected chi connectivity index (χ4v) is 7.19. The van der Waals surface area contributed by atoms with E-state index in [9.17, 15) is 24.6 Å². The van der Waals surface area contributed by atoms with Crippen molar-refractivity contribution < 1.29 is 43.5 Å². The number of nitrogens with two attached hydrogens (primary N) is 2. The van der Waals surface area contributed by atoms with E-state index in [1.54, 1.807) is 44.4 Å². The first-order chi connectivity index (χ1) is 29.4. The molecule has 1 aliphatic rings. The van der Waals surface area contributed by atoms with Gasteiger partial charge in [-0.2, -0.15) is 0 Å². The highest BCUT2D eigenvalue weighted by Crippen LogP contribution is 2.39. The molecular weight excluding hydrogens is 783 g/mol. The highest BCUT2D eigenvalue weighted by atomic mass is 16.5. The number of ether oxygens (including phenoxy) is 4. The predicted octanol–water partition coefficient (Wildman–Crippen LogP) is 6.46. The Morgan fingerprint density at radius 2 is 1.20 bits per heavy atom. The van der Waals surface area contributed by atoms with Crippen LogP contribution in [0.4, 0.5) is 22.7 Å². The molecule has 1 fully saturated rings. The zero-order valence-electron chi connectivity index (χ0n) is 34.6. The Morgan fingerprint density at radius 3 is 1.70 bits per heavy atom. The molecule has 0 spiro atoms. The molecule has 1 saturated heterocycles. The number of likely N-dealkylation sites (tertiary alicyclic amines) is 1. The lowest BCUT2D eigenvalue weighted by atomic mass is 10.0. The molecule has 0 atom stereocenters. The van der Waals surface area contributed by atoms with Crippen LogP contribution >= 0.6 is 0 Å². The van der Waals surface area contributed by atoms with E-state index in [-0.39, 0.29) is 23.3 Å². The average molecular weight is 832 g/mol. The molecule has 318 valence electrons. The number of methoxy groups -OCH3 is 3. The molecule has 0 bridgehead atoms. The summed E-state index contributed by atoms with van der Waals surface area (Å²) in [5.41, 5.74) is 17.4. The number of carboxylic acid groups (broad SMARTS) is 1. The van der Waals surface area contributed by atoms with E-state index < -0.39 is 17.8 Å². The van der Waals surface area contributed by atoms with Crippen LogP contribution in [0.2, 0.25) is 0 Å². The molecule has 4 aromatic carbocycles. The number of aromatic nitrogens is 2. The third-order valence-electron chi connectivity index (χ3n) is 10.6. The first kappa shape index (κ1) is 43.4. The van der Waals surface area contributed by atoms with Crippen molar-refractivity contribution in [1.82, 2.24) is 14.9 Å². The summed E-state index contributed by atoms with van der Waals surface area (Å²) < 4.78 is 22.3. The molecule has 61 heavy (non-hydrogen) atoms. The number of aromatic carboxylic acids is 1. The number of carbonyl (C=O) groups is 3. The van der Waals surface area contributed by atoms with Gasteiger partial charge in [-0.05, 0) is 86.8 Å². The monoisotopic (exact) mass is 831 g/mol. The van der Waals surface area contributed by atoms with Gasteiger partial charge in [0, 0.05) is 53.2 Å². The summed E-state index contributed by atoms with van der Waals surface area (Å²) in [5.74, 6) is -0.192. The molecule has 0 saturated carbocycles. The molecule has 16 heteroatoms. The predicted molar refractivity (Wildman–Crippen MR) is 233 cm³/mol. The van der Waals surface area contributed by atoms with Gasteiger partial charge in [0.2, 0.25) is 0 Å². The maximum atomic E-state index is 12.2. The number of pyridine rings is 2. The van der Waals surface area contributed by atoms with E-state index in [1.807, 2.05) is 31.2 Å². The molecule has 16 nitrogen and oxygen atoms in total. The van der Waals surface area contributed by atoms with E-state index in [1.165, 1.54) is 45.5 Å². The van der Waals surface area contributed by atoms with Crippen molar-refractivity contribution in [2.45, 2.75) is 33.3 Å². The van der Waals surface area contributed by atoms with Crippen molar-refractivity contribution in [2.75, 3.05) is 58.2 Å². The third-order valence-corrected chi connectivity index (χ3v) is 10.6. The number of aliphatic hydroxyl groups is 1. The van der Waals surface area contributed by atoms with Gasteiger partial charge in [-0.15, -0.1) is 0 Å². The zero-order valence-corrected chi connectivity index (χ0v) is 34.6. The molecule has 3 heterocycles. The second-order valence-corrected chi connectivity index (χ2v) is 14.2. The Bertz CT molecular complexity index is 2610. The van der Waals surface area contributed by atoms with Crippen molar-refractivity contribution in [2.24, 2.45) is 11.5 Å². The van der Waals surface area contributed by atoms with Gasteiger partial charge in [0.05, 0.1) is 67.0 Å². The van der Waals surface area contributed by atoms with Crippen molar-refractivity contribution in [3.05, 3.63) is 106 Å². The second kappa shape index (κ2) is 19.3. The number of anilines is 4. The molecule has 2 amide bonds. The number of aliphatic hydroxyl groups excluding tert-OH is 1. The molecule has 8 N–H and O–H groups in total. The van der Waals surface area contributed by atoms with E-state index >= 15 is 0 Å². The van der Waals surface area contributed by atoms with Crippen molar-refractivity contribution in [3.8, 4) is 23.0 Å². The van der Waals surface area contributed by atoms with Gasteiger partial charge in [-0.25, -0.2) is 4.79 Å². The Hall–Kier alpha value is -7.17. The summed E-state index contributed by atoms with van der Waals surface area (Å²) in [6.07, 6.45) is 5.29. The van der Waals surface area contributed by atoms with Gasteiger partial charge in [-0.3, -0.25) is 24.5 Å². The quantitative estimate of drug-likeness (QED) is 0.0652. The van der Waals surface area contributed by atoms with Gasteiger partial charge < -0.3 is 51.3 Å². The summed E-state index contributed by atoms with van der Waals surface area (Å²) in [4.78, 5) is 46.7. The minimum absolute atomic E-state index is 0.0761. The van der Waals surface area contributed by atoms with Crippen LogP contribution in [0.3, 0.4) is 0 Å². The fraction of sp³-hybridized carbons (Fsp3) is 0.267. The number of amides is 2. The van der Waals surface area contributed by atoms with Crippen LogP contribution in [-0.2, 0) is 6.61 Å². The number of rotatable bonds is 15. The number of carboxylic acids is 1. The van der Waals surface area contributed by atoms with E-state index in [2.05, 4.69) is 25.5 Å². The largest absolute Gasteiger partial charge is 0.493 e. The van der Waals surface area contributed by atoms with Crippen molar-refractivity contribution in [1.29, 1.82) is 0 Å². The van der Waals surface area contributed by atoms with Gasteiger partial charge >= 0.3 is 5.97 Å². The molecule has 0 radical (unpaired) electrons. The second-order valence-electron chi connectivity index (χ2n) is 14.2. The number of nitrogens with one attached hydrogen (secondary N) is 2. The number of benzene rings is 4. The molecule has 1 aliphatic heterocycles. The summed E-state index contributed by atoms with van der Waals surface area (Å²) >= 11 is 0. The molecule has 0 unspecified atom stereocenters. The van der Waals surface area contributed by atoms with Crippen LogP contribution in [0.25, 0.3) is 21.8 Å². The number of primary amides is 2. The van der Waals surface area contributed by atoms with Crippen molar-refractivity contribution in [3.63, 3.8) is 0 Å². The van der Waals surface area contributed by atoms with Crippen LogP contribution in [0.15, 0.2) is 73.1 Å². The van der Waals surface area contributed by atoms with Crippen LogP contribution in [0, 0.1) is 13.8 Å². The summed E-state index contributed by atoms with van der Waals surface area (Å²) in [6.45, 7) is 7.10. The van der Waals surface area contributed by atoms with E-state index in [4.69, 9.17) is 30.4 Å². The summed E-state index contributed by atoms with van der Waals surface area (Å²) in [6, 6.07) is 17.5. The van der Waals surface area contributed by atoms with Crippen LogP contribution in [0.1, 0.15) is 60.6 Å². The number of fused-ring (bicyclic) bond motifs is 2. The number of nitrogens with zero attached hydrogens (tertiary/aromatic N) is 3. The smallest absolute Gasteiger partial charge is 0.336 e. The number of carbonyl (C=O) groups excluding carboxylic acids is 2. The molecule has 0 aliphatic carbocycles. The molecule has 6 aromatic rings. The lowest BCUT2D eigenvalue weighted by Gasteiger charge is -2.19. The van der Waals surface area contributed by atoms with Crippen LogP contribution in [-0.4, -0.2) is 90.4 Å². The Balaban J connectivity index is 0.000000207. The highest BCUT2D eigenvalue weighted by Gasteiger charge is 2.21. The number of hydrogen-bond acceptors (Lipinski definition) is 13. The maximum Gasteiger partial charge on any atom is 0.336 e. The fourth-order valence-electron chi connectivity index (χ4n) is 7.19. The standard InChI is InChI=1S/C25H30N4O4.C20H19N3O5/c1-16-17(15-30)6-5-7-20(16)28-24-18-12-23(33-11-10-29-8-3-4-9-29)22(32-2)13-21(18)27-14-19(24)25(26)31;1-10-11(20(25)26)5-4-6-14(10)23-18-12-7-16(27-2)17(28-3)8-15(12)22-9-13(18)19(21)24/h5-7,12-14,30H,3-4,8-11,15H2,1-2H3,(H2,26,31)(H,27,28);4-9H,1-3H3,(H2,21,24)(H,22,23)(H,25,26). The Kier molecular flexibility index (Phi) is 13.7. The van der Waals surface area contributed by atoms with Gasteiger partial charge in [0.15, 0.2) is 23.0 Å². The maximum absolute atomic E-state index is 12.2. The van der Waals surface area contributed by atoms with Gasteiger partial charge in [-0.1, -0.05) is 18.2 Å². The normalized spacial score (nSPS) is 12.4. The lowest BCUT2D eigenvalue weighted by Crippen LogP contribution is -2.25. The SMILES string of the molecule is COc1cc2ncc(C(N)=O)c(Nc3cccc(C(=O)O)c3C)c2cc1OC.COc1cc2ncc(C(N)=O)c(Nc3cccc(CO)c3C)c2cc1OCCN1CCCC1. The third kappa shape index (κ3) is 9.51. The first-order valence-corrected chi connectivity index (χ1v) is 19.5. The molecule has 2 aromatic heterocycles. The van der Waals surface area contributed by atoms with Crippen LogP contribution in [0.5, 0.6) is 23.0 Å².